The Hall–Kier alpha value is -1.75. The Morgan fingerprint density at radius 1 is 1.17 bits per heavy atom. The van der Waals surface area contributed by atoms with Gasteiger partial charge in [-0.2, -0.15) is 4.98 Å². The quantitative estimate of drug-likeness (QED) is 0.819. The first kappa shape index (κ1) is 12.7. The highest BCUT2D eigenvalue weighted by molar-refractivity contribution is 5.49. The van der Waals surface area contributed by atoms with E-state index in [0.29, 0.717) is 18.1 Å². The first-order chi connectivity index (χ1) is 8.69. The molecule has 2 rings (SSSR count). The third kappa shape index (κ3) is 3.13. The zero-order chi connectivity index (χ0) is 13.0. The smallest absolute Gasteiger partial charge is 0.227 e. The number of aromatic nitrogens is 3. The van der Waals surface area contributed by atoms with Crippen LogP contribution in [-0.2, 0) is 6.42 Å². The minimum atomic E-state index is 0.194. The van der Waals surface area contributed by atoms with Gasteiger partial charge in [0.15, 0.2) is 0 Å². The molecule has 0 radical (unpaired) electrons. The van der Waals surface area contributed by atoms with Gasteiger partial charge in [-0.1, -0.05) is 5.16 Å². The van der Waals surface area contributed by atoms with Gasteiger partial charge in [0.05, 0.1) is 0 Å². The fourth-order valence-electron chi connectivity index (χ4n) is 1.80. The Labute approximate surface area is 106 Å². The molecule has 2 aromatic rings. The van der Waals surface area contributed by atoms with E-state index in [1.807, 2.05) is 26.0 Å². The average Bonchev–Trinajstić information content (AvgIpc) is 2.77. The molecule has 0 spiro atoms. The predicted molar refractivity (Wildman–Crippen MR) is 67.0 cm³/mol. The molecule has 0 fully saturated rings. The number of nitrogens with zero attached hydrogens (tertiary/aromatic N) is 3. The lowest BCUT2D eigenvalue weighted by atomic mass is 10.2. The molecule has 2 heterocycles. The van der Waals surface area contributed by atoms with Crippen LogP contribution < -0.4 is 0 Å². The molecule has 0 aromatic carbocycles. The van der Waals surface area contributed by atoms with E-state index in [1.54, 1.807) is 0 Å². The minimum Gasteiger partial charge on any atom is -0.396 e. The molecule has 5 nitrogen and oxygen atoms in total. The van der Waals surface area contributed by atoms with Crippen molar-refractivity contribution in [3.05, 3.63) is 29.3 Å². The summed E-state index contributed by atoms with van der Waals surface area (Å²) in [5.74, 6) is 1.13. The fourth-order valence-corrected chi connectivity index (χ4v) is 1.80. The molecule has 0 aliphatic heterocycles. The Morgan fingerprint density at radius 3 is 2.72 bits per heavy atom. The number of aliphatic hydroxyl groups is 1. The molecule has 1 N–H and O–H groups in total. The summed E-state index contributed by atoms with van der Waals surface area (Å²) in [6.07, 6.45) is 2.29. The molecule has 0 saturated carbocycles. The molecule has 0 atom stereocenters. The molecular weight excluding hydrogens is 230 g/mol. The van der Waals surface area contributed by atoms with Crippen LogP contribution in [0.25, 0.3) is 11.5 Å². The second kappa shape index (κ2) is 5.73. The van der Waals surface area contributed by atoms with Crippen LogP contribution in [0.1, 0.15) is 30.0 Å². The third-order valence-electron chi connectivity index (χ3n) is 2.59. The predicted octanol–water partition coefficient (Wildman–Crippen LogP) is 2.06. The summed E-state index contributed by atoms with van der Waals surface area (Å²) in [6, 6.07) is 3.95. The SMILES string of the molecule is Cc1cc(C)nc(-c2noc(CCCCO)n2)c1. The molecule has 18 heavy (non-hydrogen) atoms. The van der Waals surface area contributed by atoms with Crippen molar-refractivity contribution in [2.45, 2.75) is 33.1 Å². The number of hydrogen-bond acceptors (Lipinski definition) is 5. The van der Waals surface area contributed by atoms with Crippen molar-refractivity contribution in [2.75, 3.05) is 6.61 Å². The topological polar surface area (TPSA) is 72.0 Å². The van der Waals surface area contributed by atoms with Crippen LogP contribution in [0.5, 0.6) is 0 Å². The van der Waals surface area contributed by atoms with Gasteiger partial charge < -0.3 is 9.63 Å². The van der Waals surface area contributed by atoms with Crippen molar-refractivity contribution < 1.29 is 9.63 Å². The Morgan fingerprint density at radius 2 is 2.00 bits per heavy atom. The van der Waals surface area contributed by atoms with Crippen LogP contribution in [0.15, 0.2) is 16.7 Å². The van der Waals surface area contributed by atoms with Gasteiger partial charge in [0.1, 0.15) is 5.69 Å². The zero-order valence-corrected chi connectivity index (χ0v) is 10.7. The highest BCUT2D eigenvalue weighted by Crippen LogP contribution is 2.16. The van der Waals surface area contributed by atoms with Gasteiger partial charge in [-0.15, -0.1) is 0 Å². The van der Waals surface area contributed by atoms with E-state index >= 15 is 0 Å². The van der Waals surface area contributed by atoms with Gasteiger partial charge in [0.25, 0.3) is 0 Å². The van der Waals surface area contributed by atoms with Crippen LogP contribution in [0.4, 0.5) is 0 Å². The van der Waals surface area contributed by atoms with E-state index in [1.165, 1.54) is 0 Å². The Bertz CT molecular complexity index is 502. The normalized spacial score (nSPS) is 10.8. The highest BCUT2D eigenvalue weighted by atomic mass is 16.5. The van der Waals surface area contributed by atoms with Crippen molar-refractivity contribution in [3.8, 4) is 11.5 Å². The average molecular weight is 247 g/mol. The summed E-state index contributed by atoms with van der Waals surface area (Å²) in [5.41, 5.74) is 2.81. The third-order valence-corrected chi connectivity index (χ3v) is 2.59. The second-order valence-electron chi connectivity index (χ2n) is 4.36. The Kier molecular flexibility index (Phi) is 4.04. The summed E-state index contributed by atoms with van der Waals surface area (Å²) in [5, 5.41) is 12.6. The summed E-state index contributed by atoms with van der Waals surface area (Å²) in [7, 11) is 0. The lowest BCUT2D eigenvalue weighted by molar-refractivity contribution is 0.281. The van der Waals surface area contributed by atoms with Crippen LogP contribution in [-0.4, -0.2) is 26.8 Å². The summed E-state index contributed by atoms with van der Waals surface area (Å²) < 4.78 is 5.16. The Balaban J connectivity index is 2.13. The maximum atomic E-state index is 8.71. The number of unbranched alkanes of at least 4 members (excludes halogenated alkanes) is 1. The molecule has 0 amide bonds. The van der Waals surface area contributed by atoms with Crippen molar-refractivity contribution in [3.63, 3.8) is 0 Å². The van der Waals surface area contributed by atoms with E-state index in [2.05, 4.69) is 15.1 Å². The van der Waals surface area contributed by atoms with Crippen LogP contribution >= 0.6 is 0 Å². The molecule has 0 aliphatic carbocycles. The number of pyridine rings is 1. The van der Waals surface area contributed by atoms with Crippen LogP contribution in [0.2, 0.25) is 0 Å². The van der Waals surface area contributed by atoms with E-state index in [9.17, 15) is 0 Å². The van der Waals surface area contributed by atoms with Gasteiger partial charge in [-0.3, -0.25) is 0 Å². The summed E-state index contributed by atoms with van der Waals surface area (Å²) >= 11 is 0. The minimum absolute atomic E-state index is 0.194. The molecule has 2 aromatic heterocycles. The van der Waals surface area contributed by atoms with Gasteiger partial charge in [-0.25, -0.2) is 4.98 Å². The van der Waals surface area contributed by atoms with Gasteiger partial charge in [0.2, 0.25) is 11.7 Å². The van der Waals surface area contributed by atoms with E-state index < -0.39 is 0 Å². The lowest BCUT2D eigenvalue weighted by Gasteiger charge is -1.98. The van der Waals surface area contributed by atoms with E-state index in [0.717, 1.165) is 29.8 Å². The molecule has 0 aliphatic rings. The van der Waals surface area contributed by atoms with Gasteiger partial charge in [-0.05, 0) is 44.4 Å². The number of rotatable bonds is 5. The summed E-state index contributed by atoms with van der Waals surface area (Å²) in [4.78, 5) is 8.70. The maximum Gasteiger partial charge on any atom is 0.227 e. The standard InChI is InChI=1S/C13H17N3O2/c1-9-7-10(2)14-11(8-9)13-15-12(18-16-13)5-3-4-6-17/h7-8,17H,3-6H2,1-2H3. The van der Waals surface area contributed by atoms with E-state index in [4.69, 9.17) is 9.63 Å². The van der Waals surface area contributed by atoms with E-state index in [-0.39, 0.29) is 6.61 Å². The van der Waals surface area contributed by atoms with Crippen LogP contribution in [0.3, 0.4) is 0 Å². The van der Waals surface area contributed by atoms with Gasteiger partial charge >= 0.3 is 0 Å². The fraction of sp³-hybridized carbons (Fsp3) is 0.462. The molecule has 96 valence electrons. The molecule has 0 bridgehead atoms. The van der Waals surface area contributed by atoms with Crippen LogP contribution in [0, 0.1) is 13.8 Å². The largest absolute Gasteiger partial charge is 0.396 e. The molecular formula is C13H17N3O2. The summed E-state index contributed by atoms with van der Waals surface area (Å²) in [6.45, 7) is 4.15. The molecule has 0 unspecified atom stereocenters. The lowest BCUT2D eigenvalue weighted by Crippen LogP contribution is -1.92. The maximum absolute atomic E-state index is 8.71. The van der Waals surface area contributed by atoms with Crippen molar-refractivity contribution in [2.24, 2.45) is 0 Å². The zero-order valence-electron chi connectivity index (χ0n) is 10.7. The molecule has 0 saturated heterocycles. The number of aryl methyl sites for hydroxylation is 3. The number of hydrogen-bond donors (Lipinski definition) is 1. The van der Waals surface area contributed by atoms with Crippen molar-refractivity contribution in [1.29, 1.82) is 0 Å². The second-order valence-corrected chi connectivity index (χ2v) is 4.36. The van der Waals surface area contributed by atoms with Gasteiger partial charge in [0, 0.05) is 18.7 Å². The van der Waals surface area contributed by atoms with Crippen molar-refractivity contribution in [1.82, 2.24) is 15.1 Å². The molecule has 5 heteroatoms. The van der Waals surface area contributed by atoms with Crippen molar-refractivity contribution >= 4 is 0 Å². The first-order valence-electron chi connectivity index (χ1n) is 6.08. The highest BCUT2D eigenvalue weighted by Gasteiger charge is 2.10. The first-order valence-corrected chi connectivity index (χ1v) is 6.08. The number of aliphatic hydroxyl groups excluding tert-OH is 1. The monoisotopic (exact) mass is 247 g/mol.